The number of anilines is 1. The van der Waals surface area contributed by atoms with E-state index in [0.717, 1.165) is 12.8 Å². The molecule has 2 heterocycles. The molecular formula is C12H16N2O. The van der Waals surface area contributed by atoms with Crippen molar-refractivity contribution in [3.05, 3.63) is 23.8 Å². The van der Waals surface area contributed by atoms with Crippen LogP contribution >= 0.6 is 0 Å². The summed E-state index contributed by atoms with van der Waals surface area (Å²) >= 11 is 0. The molecule has 0 saturated carbocycles. The zero-order valence-corrected chi connectivity index (χ0v) is 8.69. The first-order valence-electron chi connectivity index (χ1n) is 5.61. The molecule has 1 aromatic rings. The van der Waals surface area contributed by atoms with E-state index in [1.54, 1.807) is 6.07 Å². The van der Waals surface area contributed by atoms with Gasteiger partial charge in [0.25, 0.3) is 0 Å². The minimum atomic E-state index is 0.162. The fourth-order valence-corrected chi connectivity index (χ4v) is 2.93. The van der Waals surface area contributed by atoms with Crippen LogP contribution in [-0.2, 0) is 6.42 Å². The minimum absolute atomic E-state index is 0.162. The normalized spacial score (nSPS) is 28.7. The number of hydrogen-bond donors (Lipinski definition) is 2. The van der Waals surface area contributed by atoms with Crippen molar-refractivity contribution in [2.75, 3.05) is 4.90 Å². The van der Waals surface area contributed by atoms with E-state index >= 15 is 0 Å². The highest BCUT2D eigenvalue weighted by molar-refractivity contribution is 5.62. The number of rotatable bonds is 0. The second-order valence-electron chi connectivity index (χ2n) is 4.58. The van der Waals surface area contributed by atoms with Gasteiger partial charge in [0.05, 0.1) is 6.17 Å². The number of phenols is 1. The van der Waals surface area contributed by atoms with Gasteiger partial charge < -0.3 is 15.7 Å². The number of nitrogens with two attached hydrogens (primary N) is 1. The molecule has 0 aromatic heterocycles. The Morgan fingerprint density at radius 3 is 3.07 bits per heavy atom. The molecule has 1 saturated heterocycles. The van der Waals surface area contributed by atoms with Crippen LogP contribution in [0.5, 0.6) is 5.75 Å². The van der Waals surface area contributed by atoms with Crippen LogP contribution in [0, 0.1) is 0 Å². The van der Waals surface area contributed by atoms with Crippen molar-refractivity contribution in [3.63, 3.8) is 0 Å². The number of piperidine rings is 1. The van der Waals surface area contributed by atoms with E-state index < -0.39 is 0 Å². The van der Waals surface area contributed by atoms with Gasteiger partial charge in [0.1, 0.15) is 5.75 Å². The molecule has 3 rings (SSSR count). The highest BCUT2D eigenvalue weighted by Gasteiger charge is 2.35. The summed E-state index contributed by atoms with van der Waals surface area (Å²) in [6.07, 6.45) is 4.73. The van der Waals surface area contributed by atoms with Gasteiger partial charge in [-0.25, -0.2) is 0 Å². The summed E-state index contributed by atoms with van der Waals surface area (Å²) in [5.74, 6) is 0.363. The van der Waals surface area contributed by atoms with Gasteiger partial charge in [-0.05, 0) is 49.4 Å². The topological polar surface area (TPSA) is 49.5 Å². The van der Waals surface area contributed by atoms with Gasteiger partial charge in [-0.1, -0.05) is 0 Å². The molecule has 0 radical (unpaired) electrons. The van der Waals surface area contributed by atoms with Crippen LogP contribution in [-0.4, -0.2) is 17.3 Å². The average Bonchev–Trinajstić information content (AvgIpc) is 2.56. The Balaban J connectivity index is 2.03. The fourth-order valence-electron chi connectivity index (χ4n) is 2.93. The van der Waals surface area contributed by atoms with E-state index in [0.29, 0.717) is 11.8 Å². The van der Waals surface area contributed by atoms with Gasteiger partial charge >= 0.3 is 0 Å². The van der Waals surface area contributed by atoms with Crippen LogP contribution in [0.2, 0.25) is 0 Å². The third kappa shape index (κ3) is 1.30. The molecule has 3 heteroatoms. The van der Waals surface area contributed by atoms with Gasteiger partial charge in [-0.3, -0.25) is 0 Å². The first kappa shape index (κ1) is 9.04. The number of benzene rings is 1. The zero-order valence-electron chi connectivity index (χ0n) is 8.69. The average molecular weight is 204 g/mol. The Morgan fingerprint density at radius 2 is 2.20 bits per heavy atom. The molecule has 80 valence electrons. The Labute approximate surface area is 89.5 Å². The Morgan fingerprint density at radius 1 is 1.33 bits per heavy atom. The van der Waals surface area contributed by atoms with Crippen LogP contribution in [0.25, 0.3) is 0 Å². The molecule has 1 aromatic carbocycles. The van der Waals surface area contributed by atoms with E-state index in [2.05, 4.69) is 4.90 Å². The van der Waals surface area contributed by atoms with Crippen molar-refractivity contribution >= 4 is 5.69 Å². The maximum absolute atomic E-state index is 9.45. The summed E-state index contributed by atoms with van der Waals surface area (Å²) < 4.78 is 0. The molecular weight excluding hydrogens is 188 g/mol. The Bertz CT molecular complexity index is 391. The third-order valence-corrected chi connectivity index (χ3v) is 3.58. The summed E-state index contributed by atoms with van der Waals surface area (Å²) in [5.41, 5.74) is 8.61. The van der Waals surface area contributed by atoms with Crippen LogP contribution in [0.4, 0.5) is 5.69 Å². The van der Waals surface area contributed by atoms with Crippen molar-refractivity contribution in [1.82, 2.24) is 0 Å². The van der Waals surface area contributed by atoms with Crippen molar-refractivity contribution in [2.24, 2.45) is 5.73 Å². The number of phenolic OH excluding ortho intramolecular Hbond substituents is 1. The number of nitrogens with zero attached hydrogens (tertiary/aromatic N) is 1. The van der Waals surface area contributed by atoms with Crippen molar-refractivity contribution in [2.45, 2.75) is 37.9 Å². The molecule has 2 aliphatic heterocycles. The van der Waals surface area contributed by atoms with Crippen LogP contribution < -0.4 is 10.6 Å². The second-order valence-corrected chi connectivity index (χ2v) is 4.58. The van der Waals surface area contributed by atoms with E-state index in [1.165, 1.54) is 24.1 Å². The first-order valence-corrected chi connectivity index (χ1v) is 5.61. The van der Waals surface area contributed by atoms with Crippen LogP contribution in [0.3, 0.4) is 0 Å². The summed E-state index contributed by atoms with van der Waals surface area (Å²) in [5, 5.41) is 9.45. The smallest absolute Gasteiger partial charge is 0.116 e. The van der Waals surface area contributed by atoms with Crippen LogP contribution in [0.1, 0.15) is 24.8 Å². The summed E-state index contributed by atoms with van der Waals surface area (Å²) in [6.45, 7) is 0. The number of fused-ring (bicyclic) bond motifs is 3. The molecule has 0 amide bonds. The van der Waals surface area contributed by atoms with E-state index in [9.17, 15) is 5.11 Å². The third-order valence-electron chi connectivity index (χ3n) is 3.58. The Kier molecular flexibility index (Phi) is 1.89. The van der Waals surface area contributed by atoms with Gasteiger partial charge in [0, 0.05) is 11.7 Å². The Hall–Kier alpha value is -1.22. The van der Waals surface area contributed by atoms with Gasteiger partial charge in [0.15, 0.2) is 0 Å². The predicted octanol–water partition coefficient (Wildman–Crippen LogP) is 1.59. The molecule has 0 aliphatic carbocycles. The summed E-state index contributed by atoms with van der Waals surface area (Å²) in [7, 11) is 0. The molecule has 15 heavy (non-hydrogen) atoms. The lowest BCUT2D eigenvalue weighted by Crippen LogP contribution is -2.49. The van der Waals surface area contributed by atoms with Crippen molar-refractivity contribution in [1.29, 1.82) is 0 Å². The maximum atomic E-state index is 9.45. The molecule has 0 spiro atoms. The monoisotopic (exact) mass is 204 g/mol. The quantitative estimate of drug-likeness (QED) is 0.674. The molecule has 3 nitrogen and oxygen atoms in total. The first-order chi connectivity index (χ1) is 7.25. The molecule has 2 atom stereocenters. The fraction of sp³-hybridized carbons (Fsp3) is 0.500. The highest BCUT2D eigenvalue weighted by Crippen LogP contribution is 2.39. The number of aromatic hydroxyl groups is 1. The predicted molar refractivity (Wildman–Crippen MR) is 59.9 cm³/mol. The highest BCUT2D eigenvalue weighted by atomic mass is 16.3. The van der Waals surface area contributed by atoms with Gasteiger partial charge in [-0.2, -0.15) is 0 Å². The standard InChI is InChI=1S/C12H16N2O/c13-12-3-1-2-9-6-8-7-10(15)4-5-11(8)14(9)12/h4-5,7,9,12,15H,1-3,6,13H2. The molecule has 2 unspecified atom stereocenters. The second kappa shape index (κ2) is 3.14. The van der Waals surface area contributed by atoms with Gasteiger partial charge in [0.2, 0.25) is 0 Å². The summed E-state index contributed by atoms with van der Waals surface area (Å²) in [4.78, 5) is 2.33. The van der Waals surface area contributed by atoms with Crippen molar-refractivity contribution in [3.8, 4) is 5.75 Å². The SMILES string of the molecule is NC1CCCC2Cc3cc(O)ccc3N12. The van der Waals surface area contributed by atoms with Gasteiger partial charge in [-0.15, -0.1) is 0 Å². The lowest BCUT2D eigenvalue weighted by molar-refractivity contribution is 0.401. The number of hydrogen-bond acceptors (Lipinski definition) is 3. The lowest BCUT2D eigenvalue weighted by atomic mass is 10.00. The molecule has 2 aliphatic rings. The molecule has 0 bridgehead atoms. The summed E-state index contributed by atoms with van der Waals surface area (Å²) in [6, 6.07) is 6.18. The lowest BCUT2D eigenvalue weighted by Gasteiger charge is -2.37. The molecule has 3 N–H and O–H groups in total. The molecule has 1 fully saturated rings. The van der Waals surface area contributed by atoms with E-state index in [1.807, 2.05) is 12.1 Å². The minimum Gasteiger partial charge on any atom is -0.508 e. The van der Waals surface area contributed by atoms with E-state index in [4.69, 9.17) is 5.73 Å². The van der Waals surface area contributed by atoms with Crippen LogP contribution in [0.15, 0.2) is 18.2 Å². The van der Waals surface area contributed by atoms with Crippen molar-refractivity contribution < 1.29 is 5.11 Å². The van der Waals surface area contributed by atoms with E-state index in [-0.39, 0.29) is 6.17 Å². The maximum Gasteiger partial charge on any atom is 0.116 e. The largest absolute Gasteiger partial charge is 0.508 e. The zero-order chi connectivity index (χ0) is 10.4.